The molecule has 0 bridgehead atoms. The molecular weight excluding hydrogens is 366 g/mol. The predicted octanol–water partition coefficient (Wildman–Crippen LogP) is 3.75. The van der Waals surface area contributed by atoms with Gasteiger partial charge in [-0.1, -0.05) is 49.4 Å². The Morgan fingerprint density at radius 3 is 2.38 bits per heavy atom. The van der Waals surface area contributed by atoms with Gasteiger partial charge in [0.1, 0.15) is 19.0 Å². The molecule has 0 aliphatic carbocycles. The van der Waals surface area contributed by atoms with Crippen molar-refractivity contribution in [2.75, 3.05) is 26.3 Å². The van der Waals surface area contributed by atoms with E-state index in [2.05, 4.69) is 13.0 Å². The first-order valence-corrected chi connectivity index (χ1v) is 10.2. The SMILES string of the molecule is CCc1cccc(OCCOC(=O)C2(c3ccccc3)CCN(C(C)=O)CC2)c1. The molecule has 154 valence electrons. The molecule has 0 unspecified atom stereocenters. The lowest BCUT2D eigenvalue weighted by Crippen LogP contribution is -2.49. The van der Waals surface area contributed by atoms with E-state index in [0.29, 0.717) is 32.5 Å². The second-order valence-corrected chi connectivity index (χ2v) is 7.44. The summed E-state index contributed by atoms with van der Waals surface area (Å²) < 4.78 is 11.4. The predicted molar refractivity (Wildman–Crippen MR) is 112 cm³/mol. The van der Waals surface area contributed by atoms with Crippen molar-refractivity contribution >= 4 is 11.9 Å². The van der Waals surface area contributed by atoms with E-state index in [0.717, 1.165) is 17.7 Å². The van der Waals surface area contributed by atoms with Gasteiger partial charge >= 0.3 is 5.97 Å². The second-order valence-electron chi connectivity index (χ2n) is 7.44. The van der Waals surface area contributed by atoms with Crippen LogP contribution in [-0.4, -0.2) is 43.1 Å². The Labute approximate surface area is 172 Å². The van der Waals surface area contributed by atoms with E-state index in [1.807, 2.05) is 48.5 Å². The molecule has 29 heavy (non-hydrogen) atoms. The third kappa shape index (κ3) is 4.97. The Morgan fingerprint density at radius 2 is 1.72 bits per heavy atom. The lowest BCUT2D eigenvalue weighted by Gasteiger charge is -2.40. The van der Waals surface area contributed by atoms with E-state index >= 15 is 0 Å². The number of likely N-dealkylation sites (tertiary alicyclic amines) is 1. The first kappa shape index (κ1) is 20.9. The quantitative estimate of drug-likeness (QED) is 0.529. The van der Waals surface area contributed by atoms with Crippen LogP contribution in [0.3, 0.4) is 0 Å². The van der Waals surface area contributed by atoms with E-state index in [1.165, 1.54) is 5.56 Å². The normalized spacial score (nSPS) is 15.6. The monoisotopic (exact) mass is 395 g/mol. The van der Waals surface area contributed by atoms with Crippen molar-refractivity contribution in [2.45, 2.75) is 38.5 Å². The van der Waals surface area contributed by atoms with E-state index < -0.39 is 5.41 Å². The average Bonchev–Trinajstić information content (AvgIpc) is 2.77. The Balaban J connectivity index is 1.62. The van der Waals surface area contributed by atoms with Crippen LogP contribution < -0.4 is 4.74 Å². The Kier molecular flexibility index (Phi) is 6.91. The highest BCUT2D eigenvalue weighted by Crippen LogP contribution is 2.37. The van der Waals surface area contributed by atoms with Gasteiger partial charge in [-0.05, 0) is 42.5 Å². The molecule has 5 nitrogen and oxygen atoms in total. The molecule has 0 saturated carbocycles. The maximum absolute atomic E-state index is 13.1. The summed E-state index contributed by atoms with van der Waals surface area (Å²) in [5.41, 5.74) is 1.44. The fraction of sp³-hybridized carbons (Fsp3) is 0.417. The number of hydrogen-bond acceptors (Lipinski definition) is 4. The molecule has 1 fully saturated rings. The van der Waals surface area contributed by atoms with E-state index in [1.54, 1.807) is 11.8 Å². The molecule has 2 aromatic carbocycles. The molecule has 0 aromatic heterocycles. The summed E-state index contributed by atoms with van der Waals surface area (Å²) in [7, 11) is 0. The zero-order valence-electron chi connectivity index (χ0n) is 17.2. The lowest BCUT2D eigenvalue weighted by atomic mass is 9.72. The van der Waals surface area contributed by atoms with Gasteiger partial charge in [0.25, 0.3) is 0 Å². The number of aryl methyl sites for hydroxylation is 1. The number of carbonyl (C=O) groups is 2. The van der Waals surface area contributed by atoms with Gasteiger partial charge in [-0.2, -0.15) is 0 Å². The molecule has 1 saturated heterocycles. The molecular formula is C24H29NO4. The number of ether oxygens (including phenoxy) is 2. The van der Waals surface area contributed by atoms with Crippen LogP contribution in [0.15, 0.2) is 54.6 Å². The number of nitrogens with zero attached hydrogens (tertiary/aromatic N) is 1. The highest BCUT2D eigenvalue weighted by molar-refractivity contribution is 5.84. The van der Waals surface area contributed by atoms with Crippen molar-refractivity contribution < 1.29 is 19.1 Å². The standard InChI is InChI=1S/C24H29NO4/c1-3-20-8-7-11-22(18-20)28-16-17-29-23(27)24(21-9-5-4-6-10-21)12-14-25(15-13-24)19(2)26/h4-11,18H,3,12-17H2,1-2H3. The van der Waals surface area contributed by atoms with Crippen LogP contribution in [0.2, 0.25) is 0 Å². The molecule has 2 aromatic rings. The largest absolute Gasteiger partial charge is 0.490 e. The van der Waals surface area contributed by atoms with Crippen LogP contribution in [0.25, 0.3) is 0 Å². The molecule has 0 radical (unpaired) electrons. The number of rotatable bonds is 7. The van der Waals surface area contributed by atoms with Gasteiger partial charge in [0.2, 0.25) is 5.91 Å². The number of benzene rings is 2. The highest BCUT2D eigenvalue weighted by Gasteiger charge is 2.44. The van der Waals surface area contributed by atoms with Gasteiger partial charge in [0.15, 0.2) is 0 Å². The molecule has 3 rings (SSSR count). The van der Waals surface area contributed by atoms with Gasteiger partial charge < -0.3 is 14.4 Å². The topological polar surface area (TPSA) is 55.8 Å². The highest BCUT2D eigenvalue weighted by atomic mass is 16.6. The van der Waals surface area contributed by atoms with Crippen LogP contribution in [0.5, 0.6) is 5.75 Å². The molecule has 0 N–H and O–H groups in total. The third-order valence-corrected chi connectivity index (χ3v) is 5.67. The summed E-state index contributed by atoms with van der Waals surface area (Å²) in [5.74, 6) is 0.591. The minimum atomic E-state index is -0.713. The third-order valence-electron chi connectivity index (χ3n) is 5.67. The number of esters is 1. The van der Waals surface area contributed by atoms with E-state index in [4.69, 9.17) is 9.47 Å². The van der Waals surface area contributed by atoms with E-state index in [-0.39, 0.29) is 18.5 Å². The Bertz CT molecular complexity index is 826. The summed E-state index contributed by atoms with van der Waals surface area (Å²) in [4.78, 5) is 26.6. The van der Waals surface area contributed by atoms with Crippen LogP contribution in [0, 0.1) is 0 Å². The zero-order valence-corrected chi connectivity index (χ0v) is 17.2. The van der Waals surface area contributed by atoms with Crippen molar-refractivity contribution in [3.05, 3.63) is 65.7 Å². The minimum Gasteiger partial charge on any atom is -0.490 e. The molecule has 5 heteroatoms. The Hall–Kier alpha value is -2.82. The number of carbonyl (C=O) groups excluding carboxylic acids is 2. The second kappa shape index (κ2) is 9.59. The van der Waals surface area contributed by atoms with Crippen molar-refractivity contribution in [2.24, 2.45) is 0 Å². The maximum atomic E-state index is 13.1. The van der Waals surface area contributed by atoms with Gasteiger partial charge in [0, 0.05) is 20.0 Å². The first-order chi connectivity index (χ1) is 14.0. The van der Waals surface area contributed by atoms with Gasteiger partial charge in [0.05, 0.1) is 5.41 Å². The summed E-state index contributed by atoms with van der Waals surface area (Å²) >= 11 is 0. The fourth-order valence-corrected chi connectivity index (χ4v) is 3.86. The Morgan fingerprint density at radius 1 is 1.00 bits per heavy atom. The molecule has 1 heterocycles. The van der Waals surface area contributed by atoms with Crippen LogP contribution >= 0.6 is 0 Å². The molecule has 1 amide bonds. The van der Waals surface area contributed by atoms with Crippen molar-refractivity contribution in [3.63, 3.8) is 0 Å². The number of hydrogen-bond donors (Lipinski definition) is 0. The summed E-state index contributed by atoms with van der Waals surface area (Å²) in [6.07, 6.45) is 2.08. The average molecular weight is 395 g/mol. The lowest BCUT2D eigenvalue weighted by molar-refractivity contribution is -0.155. The van der Waals surface area contributed by atoms with Crippen molar-refractivity contribution in [3.8, 4) is 5.75 Å². The van der Waals surface area contributed by atoms with Crippen molar-refractivity contribution in [1.29, 1.82) is 0 Å². The maximum Gasteiger partial charge on any atom is 0.316 e. The summed E-state index contributed by atoms with van der Waals surface area (Å²) in [5, 5.41) is 0. The van der Waals surface area contributed by atoms with Gasteiger partial charge in [-0.15, -0.1) is 0 Å². The van der Waals surface area contributed by atoms with Gasteiger partial charge in [-0.25, -0.2) is 0 Å². The van der Waals surface area contributed by atoms with Crippen LogP contribution in [-0.2, 0) is 26.2 Å². The summed E-state index contributed by atoms with van der Waals surface area (Å²) in [6, 6.07) is 17.7. The zero-order chi connectivity index (χ0) is 20.7. The van der Waals surface area contributed by atoms with Crippen LogP contribution in [0.1, 0.15) is 37.8 Å². The van der Waals surface area contributed by atoms with Crippen molar-refractivity contribution in [1.82, 2.24) is 4.90 Å². The van der Waals surface area contributed by atoms with E-state index in [9.17, 15) is 9.59 Å². The molecule has 1 aliphatic rings. The fourth-order valence-electron chi connectivity index (χ4n) is 3.86. The minimum absolute atomic E-state index is 0.0442. The van der Waals surface area contributed by atoms with Crippen LogP contribution in [0.4, 0.5) is 0 Å². The number of amides is 1. The number of piperidine rings is 1. The smallest absolute Gasteiger partial charge is 0.316 e. The first-order valence-electron chi connectivity index (χ1n) is 10.2. The molecule has 0 atom stereocenters. The summed E-state index contributed by atoms with van der Waals surface area (Å²) in [6.45, 7) is 5.28. The molecule has 0 spiro atoms. The molecule has 1 aliphatic heterocycles. The van der Waals surface area contributed by atoms with Gasteiger partial charge in [-0.3, -0.25) is 9.59 Å².